The van der Waals surface area contributed by atoms with Gasteiger partial charge in [-0.05, 0) is 27.9 Å². The maximum atomic E-state index is 8.68. The summed E-state index contributed by atoms with van der Waals surface area (Å²) in [7, 11) is 0. The number of hydrogen-bond donors (Lipinski definition) is 0. The van der Waals surface area contributed by atoms with Crippen LogP contribution >= 0.6 is 27.5 Å². The van der Waals surface area contributed by atoms with Crippen LogP contribution in [0.25, 0.3) is 0 Å². The van der Waals surface area contributed by atoms with E-state index < -0.39 is 0 Å². The molecule has 0 spiro atoms. The molecule has 0 aromatic carbocycles. The van der Waals surface area contributed by atoms with Crippen molar-refractivity contribution in [2.45, 2.75) is 19.8 Å². The molecule has 0 aliphatic rings. The summed E-state index contributed by atoms with van der Waals surface area (Å²) in [6.07, 6.45) is 0. The summed E-state index contributed by atoms with van der Waals surface area (Å²) in [6.45, 7) is 4.05. The molecule has 1 aromatic heterocycles. The van der Waals surface area contributed by atoms with E-state index in [0.717, 1.165) is 10.2 Å². The molecular formula is C9H8BrClN2. The SMILES string of the molecule is CC(C)c1nc(Cl)c(C#N)cc1Br. The Hall–Kier alpha value is -0.590. The zero-order valence-electron chi connectivity index (χ0n) is 7.31. The smallest absolute Gasteiger partial charge is 0.147 e. The van der Waals surface area contributed by atoms with Gasteiger partial charge in [0, 0.05) is 4.47 Å². The number of pyridine rings is 1. The Labute approximate surface area is 90.7 Å². The lowest BCUT2D eigenvalue weighted by Crippen LogP contribution is -1.96. The standard InChI is InChI=1S/C9H8BrClN2/c1-5(2)8-7(10)3-6(4-12)9(11)13-8/h3,5H,1-2H3. The highest BCUT2D eigenvalue weighted by molar-refractivity contribution is 9.10. The van der Waals surface area contributed by atoms with Gasteiger partial charge >= 0.3 is 0 Å². The van der Waals surface area contributed by atoms with Gasteiger partial charge in [0.15, 0.2) is 0 Å². The molecule has 0 unspecified atom stereocenters. The number of halogens is 2. The molecule has 0 fully saturated rings. The first-order chi connectivity index (χ1) is 6.06. The molecule has 1 rings (SSSR count). The largest absolute Gasteiger partial charge is 0.238 e. The third-order valence-electron chi connectivity index (χ3n) is 1.62. The molecule has 0 amide bonds. The van der Waals surface area contributed by atoms with Crippen LogP contribution in [0, 0.1) is 11.3 Å². The Bertz CT molecular complexity index is 369. The van der Waals surface area contributed by atoms with Crippen molar-refractivity contribution < 1.29 is 0 Å². The van der Waals surface area contributed by atoms with E-state index in [2.05, 4.69) is 20.9 Å². The summed E-state index contributed by atoms with van der Waals surface area (Å²) >= 11 is 9.14. The van der Waals surface area contributed by atoms with Gasteiger partial charge in [-0.3, -0.25) is 0 Å². The molecule has 0 radical (unpaired) electrons. The first-order valence-electron chi connectivity index (χ1n) is 3.82. The zero-order valence-corrected chi connectivity index (χ0v) is 9.65. The van der Waals surface area contributed by atoms with E-state index in [4.69, 9.17) is 16.9 Å². The maximum absolute atomic E-state index is 8.68. The molecule has 1 heterocycles. The summed E-state index contributed by atoms with van der Waals surface area (Å²) in [5.74, 6) is 0.291. The number of nitrogens with zero attached hydrogens (tertiary/aromatic N) is 2. The van der Waals surface area contributed by atoms with Crippen molar-refractivity contribution in [2.75, 3.05) is 0 Å². The lowest BCUT2D eigenvalue weighted by molar-refractivity contribution is 0.815. The van der Waals surface area contributed by atoms with E-state index in [1.165, 1.54) is 0 Å². The van der Waals surface area contributed by atoms with Gasteiger partial charge in [-0.2, -0.15) is 5.26 Å². The van der Waals surface area contributed by atoms with Crippen LogP contribution in [0.15, 0.2) is 10.5 Å². The second kappa shape index (κ2) is 4.08. The molecule has 0 aliphatic heterocycles. The van der Waals surface area contributed by atoms with Gasteiger partial charge in [0.2, 0.25) is 0 Å². The number of rotatable bonds is 1. The number of hydrogen-bond acceptors (Lipinski definition) is 2. The summed E-state index contributed by atoms with van der Waals surface area (Å²) in [4.78, 5) is 4.14. The van der Waals surface area contributed by atoms with Crippen molar-refractivity contribution in [1.29, 1.82) is 5.26 Å². The van der Waals surface area contributed by atoms with Crippen LogP contribution in [0.4, 0.5) is 0 Å². The normalized spacial score (nSPS) is 10.2. The third kappa shape index (κ3) is 2.20. The van der Waals surface area contributed by atoms with Crippen molar-refractivity contribution in [3.05, 3.63) is 26.9 Å². The quantitative estimate of drug-likeness (QED) is 0.724. The van der Waals surface area contributed by atoms with Crippen LogP contribution in [0.1, 0.15) is 31.0 Å². The fraction of sp³-hybridized carbons (Fsp3) is 0.333. The highest BCUT2D eigenvalue weighted by atomic mass is 79.9. The lowest BCUT2D eigenvalue weighted by atomic mass is 10.1. The van der Waals surface area contributed by atoms with Gasteiger partial charge in [0.25, 0.3) is 0 Å². The Balaban J connectivity index is 3.31. The molecule has 0 N–H and O–H groups in total. The fourth-order valence-electron chi connectivity index (χ4n) is 0.963. The summed E-state index contributed by atoms with van der Waals surface area (Å²) in [5.41, 5.74) is 1.28. The molecule has 0 atom stereocenters. The van der Waals surface area contributed by atoms with E-state index in [1.807, 2.05) is 19.9 Å². The average molecular weight is 260 g/mol. The summed E-state index contributed by atoms with van der Waals surface area (Å²) < 4.78 is 0.837. The predicted molar refractivity (Wildman–Crippen MR) is 55.8 cm³/mol. The first kappa shape index (κ1) is 10.5. The van der Waals surface area contributed by atoms with Crippen LogP contribution < -0.4 is 0 Å². The van der Waals surface area contributed by atoms with Gasteiger partial charge in [-0.15, -0.1) is 0 Å². The lowest BCUT2D eigenvalue weighted by Gasteiger charge is -2.07. The van der Waals surface area contributed by atoms with E-state index in [-0.39, 0.29) is 5.15 Å². The van der Waals surface area contributed by atoms with E-state index in [1.54, 1.807) is 6.07 Å². The molecule has 0 aliphatic carbocycles. The molecule has 0 saturated carbocycles. The molecule has 4 heteroatoms. The van der Waals surface area contributed by atoms with E-state index in [0.29, 0.717) is 11.5 Å². The van der Waals surface area contributed by atoms with Gasteiger partial charge in [0.05, 0.1) is 11.3 Å². The Morgan fingerprint density at radius 1 is 1.62 bits per heavy atom. The van der Waals surface area contributed by atoms with Crippen molar-refractivity contribution in [3.63, 3.8) is 0 Å². The number of nitriles is 1. The van der Waals surface area contributed by atoms with Crippen LogP contribution in [0.2, 0.25) is 5.15 Å². The van der Waals surface area contributed by atoms with Crippen LogP contribution in [0.5, 0.6) is 0 Å². The first-order valence-corrected chi connectivity index (χ1v) is 4.99. The molecule has 68 valence electrons. The molecule has 1 aromatic rings. The predicted octanol–water partition coefficient (Wildman–Crippen LogP) is 3.49. The molecular weight excluding hydrogens is 251 g/mol. The minimum Gasteiger partial charge on any atom is -0.238 e. The molecule has 0 saturated heterocycles. The Kier molecular flexibility index (Phi) is 3.29. The number of aromatic nitrogens is 1. The third-order valence-corrected chi connectivity index (χ3v) is 2.55. The highest BCUT2D eigenvalue weighted by Crippen LogP contribution is 2.26. The monoisotopic (exact) mass is 258 g/mol. The Morgan fingerprint density at radius 2 is 2.23 bits per heavy atom. The summed E-state index contributed by atoms with van der Waals surface area (Å²) in [5, 5.41) is 8.95. The maximum Gasteiger partial charge on any atom is 0.147 e. The average Bonchev–Trinajstić information content (AvgIpc) is 2.07. The molecule has 13 heavy (non-hydrogen) atoms. The summed E-state index contributed by atoms with van der Waals surface area (Å²) in [6, 6.07) is 3.68. The fourth-order valence-corrected chi connectivity index (χ4v) is 1.93. The van der Waals surface area contributed by atoms with E-state index in [9.17, 15) is 0 Å². The second-order valence-corrected chi connectivity index (χ2v) is 4.17. The minimum atomic E-state index is 0.273. The van der Waals surface area contributed by atoms with Crippen LogP contribution in [0.3, 0.4) is 0 Å². The van der Waals surface area contributed by atoms with Crippen LogP contribution in [-0.4, -0.2) is 4.98 Å². The minimum absolute atomic E-state index is 0.273. The highest BCUT2D eigenvalue weighted by Gasteiger charge is 2.10. The van der Waals surface area contributed by atoms with Crippen LogP contribution in [-0.2, 0) is 0 Å². The van der Waals surface area contributed by atoms with Crippen molar-refractivity contribution in [2.24, 2.45) is 0 Å². The second-order valence-electron chi connectivity index (χ2n) is 2.96. The van der Waals surface area contributed by atoms with E-state index >= 15 is 0 Å². The molecule has 2 nitrogen and oxygen atoms in total. The van der Waals surface area contributed by atoms with Gasteiger partial charge < -0.3 is 0 Å². The van der Waals surface area contributed by atoms with Crippen molar-refractivity contribution in [3.8, 4) is 6.07 Å². The van der Waals surface area contributed by atoms with Gasteiger partial charge in [-0.1, -0.05) is 25.4 Å². The van der Waals surface area contributed by atoms with Crippen molar-refractivity contribution in [1.82, 2.24) is 4.98 Å². The molecule has 0 bridgehead atoms. The topological polar surface area (TPSA) is 36.7 Å². The van der Waals surface area contributed by atoms with Gasteiger partial charge in [0.1, 0.15) is 11.2 Å². The zero-order chi connectivity index (χ0) is 10.0. The Morgan fingerprint density at radius 3 is 2.69 bits per heavy atom. The van der Waals surface area contributed by atoms with Gasteiger partial charge in [-0.25, -0.2) is 4.98 Å². The van der Waals surface area contributed by atoms with Crippen molar-refractivity contribution >= 4 is 27.5 Å².